The lowest BCUT2D eigenvalue weighted by Crippen LogP contribution is -2.94. The number of quaternary nitrogens is 1. The molecule has 1 saturated carbocycles. The molecule has 1 aliphatic carbocycles. The quantitative estimate of drug-likeness (QED) is 0.423. The van der Waals surface area contributed by atoms with E-state index < -0.39 is 0 Å². The fourth-order valence-corrected chi connectivity index (χ4v) is 2.58. The average molecular weight is 240 g/mol. The lowest BCUT2D eigenvalue weighted by molar-refractivity contribution is -0.704. The van der Waals surface area contributed by atoms with Gasteiger partial charge in [0.15, 0.2) is 0 Å². The molecule has 0 aromatic heterocycles. The number of halogens is 1. The molecule has 0 aromatic carbocycles. The SMILES string of the molecule is CC(C)[NH2+]C1(I)CC1C. The molecule has 0 saturated heterocycles. The fraction of sp³-hybridized carbons (Fsp3) is 1.00. The zero-order chi connectivity index (χ0) is 7.07. The van der Waals surface area contributed by atoms with Crippen LogP contribution in [0, 0.1) is 5.92 Å². The molecule has 0 aromatic rings. The van der Waals surface area contributed by atoms with Crippen molar-refractivity contribution in [2.75, 3.05) is 0 Å². The van der Waals surface area contributed by atoms with Crippen LogP contribution in [0.2, 0.25) is 0 Å². The van der Waals surface area contributed by atoms with E-state index in [-0.39, 0.29) is 0 Å². The molecular weight excluding hydrogens is 225 g/mol. The van der Waals surface area contributed by atoms with Crippen LogP contribution in [0.5, 0.6) is 0 Å². The van der Waals surface area contributed by atoms with Gasteiger partial charge < -0.3 is 5.32 Å². The molecule has 0 radical (unpaired) electrons. The molecular formula is C7H15IN+. The Balaban J connectivity index is 2.29. The molecule has 54 valence electrons. The highest BCUT2D eigenvalue weighted by atomic mass is 127. The molecule has 1 fully saturated rings. The summed E-state index contributed by atoms with van der Waals surface area (Å²) in [4.78, 5) is 0. The molecule has 1 rings (SSSR count). The Bertz CT molecular complexity index is 113. The van der Waals surface area contributed by atoms with E-state index in [4.69, 9.17) is 0 Å². The Morgan fingerprint density at radius 3 is 2.22 bits per heavy atom. The Morgan fingerprint density at radius 2 is 2.11 bits per heavy atom. The third-order valence-corrected chi connectivity index (χ3v) is 3.75. The van der Waals surface area contributed by atoms with Crippen LogP contribution < -0.4 is 5.32 Å². The normalized spacial score (nSPS) is 41.7. The summed E-state index contributed by atoms with van der Waals surface area (Å²) in [5.41, 5.74) is 0. The van der Waals surface area contributed by atoms with Crippen molar-refractivity contribution in [3.63, 3.8) is 0 Å². The minimum atomic E-state index is 0.575. The minimum absolute atomic E-state index is 0.575. The average Bonchev–Trinajstić information content (AvgIpc) is 2.10. The molecule has 0 bridgehead atoms. The van der Waals surface area contributed by atoms with E-state index >= 15 is 0 Å². The first kappa shape index (κ1) is 7.79. The van der Waals surface area contributed by atoms with Crippen LogP contribution in [0.4, 0.5) is 0 Å². The molecule has 2 unspecified atom stereocenters. The number of nitrogens with two attached hydrogens (primary N) is 1. The van der Waals surface area contributed by atoms with Gasteiger partial charge in [-0.3, -0.25) is 0 Å². The van der Waals surface area contributed by atoms with Crippen molar-refractivity contribution in [2.24, 2.45) is 5.92 Å². The third kappa shape index (κ3) is 1.80. The van der Waals surface area contributed by atoms with Crippen LogP contribution in [0.3, 0.4) is 0 Å². The van der Waals surface area contributed by atoms with E-state index in [1.165, 1.54) is 6.42 Å². The maximum Gasteiger partial charge on any atom is 0.150 e. The van der Waals surface area contributed by atoms with Crippen molar-refractivity contribution in [3.8, 4) is 0 Å². The van der Waals surface area contributed by atoms with Crippen LogP contribution >= 0.6 is 22.6 Å². The van der Waals surface area contributed by atoms with Crippen LogP contribution in [-0.4, -0.2) is 9.59 Å². The van der Waals surface area contributed by atoms with Crippen molar-refractivity contribution < 1.29 is 5.32 Å². The molecule has 0 amide bonds. The van der Waals surface area contributed by atoms with Crippen LogP contribution in [0.15, 0.2) is 0 Å². The minimum Gasteiger partial charge on any atom is -0.331 e. The first-order valence-corrected chi connectivity index (χ1v) is 4.67. The summed E-state index contributed by atoms with van der Waals surface area (Å²) in [6, 6.07) is 0.756. The number of hydrogen-bond acceptors (Lipinski definition) is 0. The van der Waals surface area contributed by atoms with Gasteiger partial charge in [-0.25, -0.2) is 0 Å². The standard InChI is InChI=1S/C7H14IN/c1-5(2)9-7(8)4-6(7)3/h5-6,9H,4H2,1-3H3/p+1. The second-order valence-electron chi connectivity index (χ2n) is 3.44. The van der Waals surface area contributed by atoms with Crippen LogP contribution in [-0.2, 0) is 0 Å². The van der Waals surface area contributed by atoms with Gasteiger partial charge in [0.2, 0.25) is 0 Å². The van der Waals surface area contributed by atoms with Gasteiger partial charge in [0, 0.05) is 12.3 Å². The Kier molecular flexibility index (Phi) is 2.06. The first-order valence-electron chi connectivity index (χ1n) is 3.59. The molecule has 2 heteroatoms. The third-order valence-electron chi connectivity index (χ3n) is 1.89. The van der Waals surface area contributed by atoms with Crippen molar-refractivity contribution in [1.82, 2.24) is 0 Å². The molecule has 9 heavy (non-hydrogen) atoms. The summed E-state index contributed by atoms with van der Waals surface area (Å²) >= 11 is 2.57. The smallest absolute Gasteiger partial charge is 0.150 e. The first-order chi connectivity index (χ1) is 4.04. The van der Waals surface area contributed by atoms with Gasteiger partial charge in [-0.15, -0.1) is 0 Å². The Morgan fingerprint density at radius 1 is 1.67 bits per heavy atom. The topological polar surface area (TPSA) is 16.6 Å². The molecule has 0 spiro atoms. The fourth-order valence-electron chi connectivity index (χ4n) is 1.20. The van der Waals surface area contributed by atoms with Crippen molar-refractivity contribution in [2.45, 2.75) is 36.8 Å². The monoisotopic (exact) mass is 240 g/mol. The second-order valence-corrected chi connectivity index (χ2v) is 5.45. The molecule has 2 atom stereocenters. The van der Waals surface area contributed by atoms with E-state index in [1.807, 2.05) is 0 Å². The maximum atomic E-state index is 2.57. The highest BCUT2D eigenvalue weighted by molar-refractivity contribution is 14.1. The Labute approximate surface area is 70.7 Å². The lowest BCUT2D eigenvalue weighted by atomic mass is 10.4. The van der Waals surface area contributed by atoms with Gasteiger partial charge in [-0.05, 0) is 36.4 Å². The summed E-state index contributed by atoms with van der Waals surface area (Å²) in [6.45, 7) is 6.84. The van der Waals surface area contributed by atoms with E-state index in [9.17, 15) is 0 Å². The van der Waals surface area contributed by atoms with E-state index in [0.717, 1.165) is 12.0 Å². The van der Waals surface area contributed by atoms with Crippen molar-refractivity contribution in [1.29, 1.82) is 0 Å². The summed E-state index contributed by atoms with van der Waals surface area (Å²) in [6.07, 6.45) is 1.39. The summed E-state index contributed by atoms with van der Waals surface area (Å²) < 4.78 is 0.575. The zero-order valence-electron chi connectivity index (χ0n) is 6.32. The van der Waals surface area contributed by atoms with E-state index in [1.54, 1.807) is 0 Å². The van der Waals surface area contributed by atoms with E-state index in [0.29, 0.717) is 3.55 Å². The van der Waals surface area contributed by atoms with Gasteiger partial charge in [-0.2, -0.15) is 0 Å². The summed E-state index contributed by atoms with van der Waals surface area (Å²) in [7, 11) is 0. The second kappa shape index (κ2) is 2.38. The predicted octanol–water partition coefficient (Wildman–Crippen LogP) is 1.13. The number of hydrogen-bond donors (Lipinski definition) is 1. The maximum absolute atomic E-state index is 2.57. The van der Waals surface area contributed by atoms with Crippen molar-refractivity contribution in [3.05, 3.63) is 0 Å². The molecule has 0 heterocycles. The summed E-state index contributed by atoms with van der Waals surface area (Å²) in [5.74, 6) is 0.931. The molecule has 1 aliphatic rings. The molecule has 0 aliphatic heterocycles. The van der Waals surface area contributed by atoms with Gasteiger partial charge in [0.1, 0.15) is 3.55 Å². The van der Waals surface area contributed by atoms with Gasteiger partial charge >= 0.3 is 0 Å². The van der Waals surface area contributed by atoms with E-state index in [2.05, 4.69) is 48.7 Å². The molecule has 1 nitrogen and oxygen atoms in total. The largest absolute Gasteiger partial charge is 0.331 e. The zero-order valence-corrected chi connectivity index (χ0v) is 8.47. The number of alkyl halides is 1. The highest BCUT2D eigenvalue weighted by Gasteiger charge is 2.53. The summed E-state index contributed by atoms with van der Waals surface area (Å²) in [5, 5.41) is 2.47. The van der Waals surface area contributed by atoms with Gasteiger partial charge in [-0.1, -0.05) is 6.92 Å². The van der Waals surface area contributed by atoms with Crippen molar-refractivity contribution >= 4 is 22.6 Å². The van der Waals surface area contributed by atoms with Gasteiger partial charge in [0.05, 0.1) is 6.04 Å². The van der Waals surface area contributed by atoms with Crippen LogP contribution in [0.1, 0.15) is 27.2 Å². The Hall–Kier alpha value is 0.690. The van der Waals surface area contributed by atoms with Gasteiger partial charge in [0.25, 0.3) is 0 Å². The predicted molar refractivity (Wildman–Crippen MR) is 47.6 cm³/mol. The van der Waals surface area contributed by atoms with Crippen LogP contribution in [0.25, 0.3) is 0 Å². The lowest BCUT2D eigenvalue weighted by Gasteiger charge is -2.10. The highest BCUT2D eigenvalue weighted by Crippen LogP contribution is 2.45. The molecule has 2 N–H and O–H groups in total. The number of rotatable bonds is 2.